The molecule has 2 N–H and O–H groups in total. The molecule has 2 saturated heterocycles. The van der Waals surface area contributed by atoms with Crippen molar-refractivity contribution in [3.8, 4) is 5.75 Å². The summed E-state index contributed by atoms with van der Waals surface area (Å²) in [7, 11) is 0. The molecule has 194 valence electrons. The summed E-state index contributed by atoms with van der Waals surface area (Å²) in [5, 5.41) is 26.5. The van der Waals surface area contributed by atoms with E-state index in [0.29, 0.717) is 38.3 Å². The highest BCUT2D eigenvalue weighted by Gasteiger charge is 2.63. The normalized spacial score (nSPS) is 30.4. The minimum Gasteiger partial charge on any atom is -0.508 e. The molecule has 0 unspecified atom stereocenters. The summed E-state index contributed by atoms with van der Waals surface area (Å²) in [6.07, 6.45) is 1.87. The minimum absolute atomic E-state index is 0.0700. The molecule has 1 aromatic carbocycles. The monoisotopic (exact) mass is 504 g/mol. The Morgan fingerprint density at radius 2 is 1.89 bits per heavy atom. The fraction of sp³-hybridized carbons (Fsp3) is 0.615. The standard InChI is InChI=1S/C26H31F3N4O3/c27-26(28,29)19-13-30-33(15-19)16-23(35)31-8-5-24-6-9-32(14-17-1-2-17)22(25(24,36)7-10-31)11-18-3-4-20(34)12-21(18)24/h3-4,12-13,15,17,22,34,36H,1-2,5-11,14,16H2/t22-,24+,25-/m1/s1. The number of hydrogen-bond acceptors (Lipinski definition) is 5. The largest absolute Gasteiger partial charge is 0.508 e. The van der Waals surface area contributed by atoms with E-state index in [9.17, 15) is 28.2 Å². The number of piperidine rings is 1. The van der Waals surface area contributed by atoms with Crippen LogP contribution in [-0.2, 0) is 29.4 Å². The van der Waals surface area contributed by atoms with Crippen LogP contribution in [0.15, 0.2) is 30.6 Å². The van der Waals surface area contributed by atoms with Gasteiger partial charge in [-0.1, -0.05) is 6.07 Å². The van der Waals surface area contributed by atoms with Crippen molar-refractivity contribution in [1.29, 1.82) is 0 Å². The molecule has 3 fully saturated rings. The van der Waals surface area contributed by atoms with E-state index in [1.165, 1.54) is 12.8 Å². The third kappa shape index (κ3) is 3.80. The highest BCUT2D eigenvalue weighted by molar-refractivity contribution is 5.76. The second kappa shape index (κ2) is 8.21. The summed E-state index contributed by atoms with van der Waals surface area (Å²) in [6, 6.07) is 5.38. The molecule has 0 spiro atoms. The lowest BCUT2D eigenvalue weighted by molar-refractivity contribution is -0.149. The average molecular weight is 505 g/mol. The van der Waals surface area contributed by atoms with Crippen molar-refractivity contribution in [2.45, 2.75) is 68.3 Å². The first-order valence-electron chi connectivity index (χ1n) is 12.8. The highest BCUT2D eigenvalue weighted by Crippen LogP contribution is 2.56. The maximum atomic E-state index is 13.1. The Morgan fingerprint density at radius 1 is 1.14 bits per heavy atom. The van der Waals surface area contributed by atoms with Crippen LogP contribution in [0.3, 0.4) is 0 Å². The Kier molecular flexibility index (Phi) is 5.42. The van der Waals surface area contributed by atoms with Crippen LogP contribution in [0.5, 0.6) is 5.75 Å². The van der Waals surface area contributed by atoms with Gasteiger partial charge in [-0.25, -0.2) is 0 Å². The molecule has 4 aliphatic rings. The molecule has 2 aliphatic heterocycles. The fourth-order valence-corrected chi connectivity index (χ4v) is 6.95. The SMILES string of the molecule is O=C(Cn1cc(C(F)(F)F)cn1)N1CC[C@]23CCN(CC4CC4)[C@H](Cc4ccc(O)cc42)[C@]3(O)CC1. The van der Waals surface area contributed by atoms with Gasteiger partial charge in [-0.05, 0) is 74.2 Å². The summed E-state index contributed by atoms with van der Waals surface area (Å²) >= 11 is 0. The topological polar surface area (TPSA) is 81.8 Å². The Morgan fingerprint density at radius 3 is 2.61 bits per heavy atom. The zero-order valence-electron chi connectivity index (χ0n) is 20.0. The Hall–Kier alpha value is -2.59. The van der Waals surface area contributed by atoms with Gasteiger partial charge in [-0.15, -0.1) is 0 Å². The van der Waals surface area contributed by atoms with Crippen molar-refractivity contribution < 1.29 is 28.2 Å². The predicted molar refractivity (Wildman–Crippen MR) is 124 cm³/mol. The van der Waals surface area contributed by atoms with Gasteiger partial charge in [0.15, 0.2) is 0 Å². The smallest absolute Gasteiger partial charge is 0.419 e. The van der Waals surface area contributed by atoms with Crippen LogP contribution in [0.2, 0.25) is 0 Å². The molecule has 0 radical (unpaired) electrons. The van der Waals surface area contributed by atoms with Gasteiger partial charge in [0.25, 0.3) is 0 Å². The molecule has 2 aromatic rings. The third-order valence-electron chi connectivity index (χ3n) is 9.04. The molecule has 1 saturated carbocycles. The van der Waals surface area contributed by atoms with E-state index in [-0.39, 0.29) is 24.2 Å². The molecule has 3 atom stereocenters. The van der Waals surface area contributed by atoms with Crippen LogP contribution < -0.4 is 0 Å². The van der Waals surface area contributed by atoms with Crippen molar-refractivity contribution >= 4 is 5.91 Å². The van der Waals surface area contributed by atoms with Crippen molar-refractivity contribution in [3.63, 3.8) is 0 Å². The summed E-state index contributed by atoms with van der Waals surface area (Å²) in [5.41, 5.74) is -0.423. The maximum absolute atomic E-state index is 13.1. The number of carbonyl (C=O) groups is 1. The number of amides is 1. The lowest BCUT2D eigenvalue weighted by Gasteiger charge is -2.61. The number of likely N-dealkylation sites (tertiary alicyclic amines) is 2. The second-order valence-corrected chi connectivity index (χ2v) is 11.1. The molecular formula is C26H31F3N4O3. The maximum Gasteiger partial charge on any atom is 0.419 e. The number of aliphatic hydroxyl groups is 1. The van der Waals surface area contributed by atoms with Gasteiger partial charge in [0, 0.05) is 37.3 Å². The number of carbonyl (C=O) groups excluding carboxylic acids is 1. The molecular weight excluding hydrogens is 473 g/mol. The number of rotatable bonds is 4. The molecule has 7 nitrogen and oxygen atoms in total. The van der Waals surface area contributed by atoms with Gasteiger partial charge < -0.3 is 15.1 Å². The number of benzene rings is 1. The van der Waals surface area contributed by atoms with Crippen LogP contribution in [-0.4, -0.2) is 73.5 Å². The molecule has 36 heavy (non-hydrogen) atoms. The molecule has 2 bridgehead atoms. The van der Waals surface area contributed by atoms with E-state index in [4.69, 9.17) is 0 Å². The number of hydrogen-bond donors (Lipinski definition) is 2. The molecule has 2 aliphatic carbocycles. The lowest BCUT2D eigenvalue weighted by atomic mass is 9.52. The number of aromatic hydroxyl groups is 1. The molecule has 1 aromatic heterocycles. The van der Waals surface area contributed by atoms with E-state index >= 15 is 0 Å². The molecule has 10 heteroatoms. The lowest BCUT2D eigenvalue weighted by Crippen LogP contribution is -2.71. The van der Waals surface area contributed by atoms with E-state index in [2.05, 4.69) is 10.00 Å². The Balaban J connectivity index is 1.29. The zero-order chi connectivity index (χ0) is 25.3. The number of phenols is 1. The van der Waals surface area contributed by atoms with E-state index in [0.717, 1.165) is 47.7 Å². The molecule has 6 rings (SSSR count). The first-order chi connectivity index (χ1) is 17.1. The molecule has 1 amide bonds. The summed E-state index contributed by atoms with van der Waals surface area (Å²) in [4.78, 5) is 17.2. The molecule has 3 heterocycles. The van der Waals surface area contributed by atoms with E-state index < -0.39 is 22.8 Å². The quantitative estimate of drug-likeness (QED) is 0.669. The van der Waals surface area contributed by atoms with Gasteiger partial charge in [0.05, 0.1) is 17.4 Å². The first kappa shape index (κ1) is 23.8. The number of nitrogens with zero attached hydrogens (tertiary/aromatic N) is 4. The van der Waals surface area contributed by atoms with Crippen LogP contribution in [0, 0.1) is 5.92 Å². The van der Waals surface area contributed by atoms with Crippen LogP contribution in [0.4, 0.5) is 13.2 Å². The number of halogens is 3. The summed E-state index contributed by atoms with van der Waals surface area (Å²) < 4.78 is 39.9. The van der Waals surface area contributed by atoms with E-state index in [1.54, 1.807) is 17.0 Å². The predicted octanol–water partition coefficient (Wildman–Crippen LogP) is 2.94. The minimum atomic E-state index is -4.51. The average Bonchev–Trinajstić information content (AvgIpc) is 3.54. The fourth-order valence-electron chi connectivity index (χ4n) is 6.95. The van der Waals surface area contributed by atoms with Crippen LogP contribution >= 0.6 is 0 Å². The number of fused-ring (bicyclic) bond motifs is 1. The van der Waals surface area contributed by atoms with Crippen molar-refractivity contribution in [2.75, 3.05) is 26.2 Å². The van der Waals surface area contributed by atoms with Gasteiger partial charge in [0.1, 0.15) is 12.3 Å². The summed E-state index contributed by atoms with van der Waals surface area (Å²) in [6.45, 7) is 2.27. The van der Waals surface area contributed by atoms with Crippen molar-refractivity contribution in [3.05, 3.63) is 47.3 Å². The van der Waals surface area contributed by atoms with Gasteiger partial charge in [-0.2, -0.15) is 18.3 Å². The van der Waals surface area contributed by atoms with Gasteiger partial charge in [-0.3, -0.25) is 14.4 Å². The van der Waals surface area contributed by atoms with Crippen LogP contribution in [0.1, 0.15) is 48.8 Å². The van der Waals surface area contributed by atoms with E-state index in [1.807, 2.05) is 6.07 Å². The second-order valence-electron chi connectivity index (χ2n) is 11.1. The zero-order valence-corrected chi connectivity index (χ0v) is 20.0. The first-order valence-corrected chi connectivity index (χ1v) is 12.8. The Labute approximate surface area is 207 Å². The van der Waals surface area contributed by atoms with Crippen molar-refractivity contribution in [2.24, 2.45) is 5.92 Å². The number of alkyl halides is 3. The van der Waals surface area contributed by atoms with Crippen LogP contribution in [0.25, 0.3) is 0 Å². The Bertz CT molecular complexity index is 1180. The van der Waals surface area contributed by atoms with Gasteiger partial charge >= 0.3 is 6.18 Å². The third-order valence-corrected chi connectivity index (χ3v) is 9.04. The van der Waals surface area contributed by atoms with Crippen molar-refractivity contribution in [1.82, 2.24) is 19.6 Å². The number of aromatic nitrogens is 2. The van der Waals surface area contributed by atoms with Gasteiger partial charge in [0.2, 0.25) is 5.91 Å². The summed E-state index contributed by atoms with van der Waals surface area (Å²) in [5.74, 6) is 0.536. The highest BCUT2D eigenvalue weighted by atomic mass is 19.4. The number of phenolic OH excluding ortho intramolecular Hbond substituents is 1.